The lowest BCUT2D eigenvalue weighted by atomic mass is 10.1. The Balaban J connectivity index is 1.61. The SMILES string of the molecule is O=C(NCc1cccnc1N1CCCCC1)NC1CC1. The van der Waals surface area contributed by atoms with Gasteiger partial charge in [0.05, 0.1) is 0 Å². The summed E-state index contributed by atoms with van der Waals surface area (Å²) < 4.78 is 0. The molecule has 1 aliphatic heterocycles. The van der Waals surface area contributed by atoms with Gasteiger partial charge < -0.3 is 15.5 Å². The van der Waals surface area contributed by atoms with Crippen LogP contribution in [0.5, 0.6) is 0 Å². The first-order valence-corrected chi connectivity index (χ1v) is 7.56. The van der Waals surface area contributed by atoms with E-state index >= 15 is 0 Å². The summed E-state index contributed by atoms with van der Waals surface area (Å²) in [7, 11) is 0. The number of anilines is 1. The van der Waals surface area contributed by atoms with Crippen molar-refractivity contribution >= 4 is 11.8 Å². The summed E-state index contributed by atoms with van der Waals surface area (Å²) in [4.78, 5) is 18.5. The molecule has 0 spiro atoms. The topological polar surface area (TPSA) is 57.3 Å². The van der Waals surface area contributed by atoms with Crippen molar-refractivity contribution in [1.82, 2.24) is 15.6 Å². The maximum Gasteiger partial charge on any atom is 0.315 e. The summed E-state index contributed by atoms with van der Waals surface area (Å²) in [6.45, 7) is 2.68. The van der Waals surface area contributed by atoms with Crippen LogP contribution < -0.4 is 15.5 Å². The molecule has 2 amide bonds. The zero-order valence-electron chi connectivity index (χ0n) is 11.8. The molecule has 2 heterocycles. The Morgan fingerprint density at radius 1 is 1.30 bits per heavy atom. The van der Waals surface area contributed by atoms with E-state index in [0.29, 0.717) is 12.6 Å². The molecule has 3 rings (SSSR count). The molecule has 1 aromatic rings. The average molecular weight is 274 g/mol. The number of amides is 2. The predicted octanol–water partition coefficient (Wildman–Crippen LogP) is 2.03. The number of nitrogens with zero attached hydrogens (tertiary/aromatic N) is 2. The van der Waals surface area contributed by atoms with E-state index in [9.17, 15) is 4.79 Å². The fourth-order valence-corrected chi connectivity index (χ4v) is 2.60. The first-order valence-electron chi connectivity index (χ1n) is 7.56. The second-order valence-electron chi connectivity index (χ2n) is 5.64. The number of nitrogens with one attached hydrogen (secondary N) is 2. The maximum absolute atomic E-state index is 11.7. The number of urea groups is 1. The van der Waals surface area contributed by atoms with Crippen LogP contribution in [0.2, 0.25) is 0 Å². The molecule has 5 nitrogen and oxygen atoms in total. The van der Waals surface area contributed by atoms with Crippen LogP contribution in [-0.2, 0) is 6.54 Å². The van der Waals surface area contributed by atoms with Crippen molar-refractivity contribution in [2.45, 2.75) is 44.7 Å². The highest BCUT2D eigenvalue weighted by atomic mass is 16.2. The van der Waals surface area contributed by atoms with E-state index in [1.807, 2.05) is 18.3 Å². The van der Waals surface area contributed by atoms with Gasteiger partial charge >= 0.3 is 6.03 Å². The van der Waals surface area contributed by atoms with Crippen LogP contribution in [0, 0.1) is 0 Å². The summed E-state index contributed by atoms with van der Waals surface area (Å²) in [5, 5.41) is 5.87. The molecule has 5 heteroatoms. The number of aromatic nitrogens is 1. The van der Waals surface area contributed by atoms with Crippen LogP contribution in [0.1, 0.15) is 37.7 Å². The Labute approximate surface area is 119 Å². The van der Waals surface area contributed by atoms with Gasteiger partial charge in [-0.05, 0) is 38.2 Å². The molecule has 2 aliphatic rings. The van der Waals surface area contributed by atoms with Gasteiger partial charge in [-0.2, -0.15) is 0 Å². The van der Waals surface area contributed by atoms with Crippen LogP contribution in [0.15, 0.2) is 18.3 Å². The molecule has 20 heavy (non-hydrogen) atoms. The molecule has 0 bridgehead atoms. The van der Waals surface area contributed by atoms with Gasteiger partial charge in [0.15, 0.2) is 0 Å². The fraction of sp³-hybridized carbons (Fsp3) is 0.600. The molecular weight excluding hydrogens is 252 g/mol. The van der Waals surface area contributed by atoms with E-state index in [1.165, 1.54) is 19.3 Å². The second-order valence-corrected chi connectivity index (χ2v) is 5.64. The van der Waals surface area contributed by atoms with Crippen molar-refractivity contribution in [2.24, 2.45) is 0 Å². The molecule has 1 saturated heterocycles. The van der Waals surface area contributed by atoms with Gasteiger partial charge in [0.25, 0.3) is 0 Å². The van der Waals surface area contributed by atoms with Gasteiger partial charge in [0.2, 0.25) is 0 Å². The Bertz CT molecular complexity index is 467. The third kappa shape index (κ3) is 3.40. The van der Waals surface area contributed by atoms with E-state index in [4.69, 9.17) is 0 Å². The van der Waals surface area contributed by atoms with Crippen molar-refractivity contribution in [2.75, 3.05) is 18.0 Å². The van der Waals surface area contributed by atoms with Gasteiger partial charge in [-0.1, -0.05) is 6.07 Å². The number of pyridine rings is 1. The Kier molecular flexibility index (Phi) is 4.04. The lowest BCUT2D eigenvalue weighted by Gasteiger charge is -2.29. The minimum absolute atomic E-state index is 0.0686. The lowest BCUT2D eigenvalue weighted by molar-refractivity contribution is 0.240. The molecule has 0 atom stereocenters. The lowest BCUT2D eigenvalue weighted by Crippen LogP contribution is -2.37. The minimum Gasteiger partial charge on any atom is -0.356 e. The summed E-state index contributed by atoms with van der Waals surface area (Å²) >= 11 is 0. The third-order valence-corrected chi connectivity index (χ3v) is 3.88. The molecule has 2 N–H and O–H groups in total. The van der Waals surface area contributed by atoms with Gasteiger partial charge in [-0.25, -0.2) is 9.78 Å². The van der Waals surface area contributed by atoms with Gasteiger partial charge in [-0.3, -0.25) is 0 Å². The van der Waals surface area contributed by atoms with Crippen molar-refractivity contribution in [3.8, 4) is 0 Å². The Morgan fingerprint density at radius 3 is 2.85 bits per heavy atom. The normalized spacial score (nSPS) is 18.7. The highest BCUT2D eigenvalue weighted by Crippen LogP contribution is 2.21. The van der Waals surface area contributed by atoms with E-state index in [-0.39, 0.29) is 6.03 Å². The van der Waals surface area contributed by atoms with Gasteiger partial charge in [-0.15, -0.1) is 0 Å². The average Bonchev–Trinajstić information content (AvgIpc) is 3.30. The van der Waals surface area contributed by atoms with Crippen molar-refractivity contribution in [1.29, 1.82) is 0 Å². The second kappa shape index (κ2) is 6.11. The fourth-order valence-electron chi connectivity index (χ4n) is 2.60. The summed E-state index contributed by atoms with van der Waals surface area (Å²) in [6.07, 6.45) is 7.81. The number of hydrogen-bond donors (Lipinski definition) is 2. The molecule has 1 aromatic heterocycles. The summed E-state index contributed by atoms with van der Waals surface area (Å²) in [6, 6.07) is 4.31. The quantitative estimate of drug-likeness (QED) is 0.883. The highest BCUT2D eigenvalue weighted by Gasteiger charge is 2.23. The number of carbonyl (C=O) groups is 1. The molecule has 0 radical (unpaired) electrons. The first-order chi connectivity index (χ1) is 9.83. The number of rotatable bonds is 4. The molecule has 1 saturated carbocycles. The molecule has 0 unspecified atom stereocenters. The highest BCUT2D eigenvalue weighted by molar-refractivity contribution is 5.74. The van der Waals surface area contributed by atoms with E-state index in [2.05, 4.69) is 20.5 Å². The van der Waals surface area contributed by atoms with Crippen LogP contribution in [0.25, 0.3) is 0 Å². The molecular formula is C15H22N4O. The smallest absolute Gasteiger partial charge is 0.315 e. The molecule has 1 aliphatic carbocycles. The largest absolute Gasteiger partial charge is 0.356 e. The van der Waals surface area contributed by atoms with Crippen LogP contribution in [0.4, 0.5) is 10.6 Å². The number of carbonyl (C=O) groups excluding carboxylic acids is 1. The summed E-state index contributed by atoms with van der Waals surface area (Å²) in [5.74, 6) is 1.03. The summed E-state index contributed by atoms with van der Waals surface area (Å²) in [5.41, 5.74) is 1.10. The van der Waals surface area contributed by atoms with Crippen LogP contribution in [-0.4, -0.2) is 30.1 Å². The molecule has 108 valence electrons. The zero-order valence-corrected chi connectivity index (χ0v) is 11.8. The predicted molar refractivity (Wildman–Crippen MR) is 78.7 cm³/mol. The monoisotopic (exact) mass is 274 g/mol. The van der Waals surface area contributed by atoms with Crippen molar-refractivity contribution in [3.05, 3.63) is 23.9 Å². The van der Waals surface area contributed by atoms with Crippen LogP contribution >= 0.6 is 0 Å². The Hall–Kier alpha value is -1.78. The zero-order chi connectivity index (χ0) is 13.8. The number of piperidine rings is 1. The minimum atomic E-state index is -0.0686. The molecule has 2 fully saturated rings. The van der Waals surface area contributed by atoms with Crippen molar-refractivity contribution < 1.29 is 4.79 Å². The van der Waals surface area contributed by atoms with E-state index < -0.39 is 0 Å². The van der Waals surface area contributed by atoms with E-state index in [1.54, 1.807) is 0 Å². The van der Waals surface area contributed by atoms with Crippen LogP contribution in [0.3, 0.4) is 0 Å². The van der Waals surface area contributed by atoms with E-state index in [0.717, 1.165) is 37.3 Å². The van der Waals surface area contributed by atoms with Gasteiger partial charge in [0, 0.05) is 37.4 Å². The molecule has 0 aromatic carbocycles. The maximum atomic E-state index is 11.7. The van der Waals surface area contributed by atoms with Gasteiger partial charge in [0.1, 0.15) is 5.82 Å². The number of hydrogen-bond acceptors (Lipinski definition) is 3. The standard InChI is InChI=1S/C15H22N4O/c20-15(18-13-6-7-13)17-11-12-5-4-8-16-14(12)19-9-2-1-3-10-19/h4-5,8,13H,1-3,6-7,9-11H2,(H2,17,18,20). The van der Waals surface area contributed by atoms with Crippen molar-refractivity contribution in [3.63, 3.8) is 0 Å². The third-order valence-electron chi connectivity index (χ3n) is 3.88. The Morgan fingerprint density at radius 2 is 2.10 bits per heavy atom. The first kappa shape index (κ1) is 13.2.